The average molecular weight is 456 g/mol. The van der Waals surface area contributed by atoms with Crippen molar-refractivity contribution in [3.05, 3.63) is 52.4 Å². The number of rotatable bonds is 4. The third-order valence-electron chi connectivity index (χ3n) is 5.89. The normalized spacial score (nSPS) is 23.5. The van der Waals surface area contributed by atoms with Crippen LogP contribution in [0.2, 0.25) is 5.02 Å². The molecule has 6 nitrogen and oxygen atoms in total. The molecule has 2 aliphatic heterocycles. The summed E-state index contributed by atoms with van der Waals surface area (Å²) < 4.78 is 39.3. The van der Waals surface area contributed by atoms with Crippen molar-refractivity contribution in [1.82, 2.24) is 19.8 Å². The van der Waals surface area contributed by atoms with E-state index in [0.29, 0.717) is 6.54 Å². The Morgan fingerprint density at radius 2 is 1.74 bits per heavy atom. The zero-order chi connectivity index (χ0) is 22.2. The Bertz CT molecular complexity index is 903. The number of anilines is 1. The van der Waals surface area contributed by atoms with Gasteiger partial charge in [0, 0.05) is 56.9 Å². The maximum Gasteiger partial charge on any atom is 0.433 e. The topological polar surface area (TPSA) is 55.7 Å². The Labute approximate surface area is 184 Å². The van der Waals surface area contributed by atoms with Gasteiger partial charge in [-0.15, -0.1) is 0 Å². The van der Waals surface area contributed by atoms with Crippen molar-refractivity contribution in [3.8, 4) is 0 Å². The van der Waals surface area contributed by atoms with Crippen LogP contribution in [0.15, 0.2) is 30.3 Å². The van der Waals surface area contributed by atoms with E-state index in [1.54, 1.807) is 4.90 Å². The van der Waals surface area contributed by atoms with Crippen molar-refractivity contribution in [2.24, 2.45) is 0 Å². The van der Waals surface area contributed by atoms with Gasteiger partial charge in [-0.25, -0.2) is 9.97 Å². The molecule has 0 spiro atoms. The quantitative estimate of drug-likeness (QED) is 0.765. The van der Waals surface area contributed by atoms with E-state index in [-0.39, 0.29) is 24.2 Å². The summed E-state index contributed by atoms with van der Waals surface area (Å²) in [6.07, 6.45) is -5.17. The van der Waals surface area contributed by atoms with Crippen molar-refractivity contribution in [2.45, 2.75) is 31.8 Å². The van der Waals surface area contributed by atoms with E-state index in [1.807, 2.05) is 24.3 Å². The predicted molar refractivity (Wildman–Crippen MR) is 112 cm³/mol. The Morgan fingerprint density at radius 1 is 1.06 bits per heavy atom. The first-order valence-corrected chi connectivity index (χ1v) is 10.6. The van der Waals surface area contributed by atoms with Crippen molar-refractivity contribution in [1.29, 1.82) is 0 Å². The predicted octanol–water partition coefficient (Wildman–Crippen LogP) is 2.82. The molecule has 0 amide bonds. The molecule has 0 radical (unpaired) electrons. The van der Waals surface area contributed by atoms with Gasteiger partial charge in [0.15, 0.2) is 0 Å². The molecule has 2 saturated heterocycles. The Kier molecular flexibility index (Phi) is 6.39. The minimum atomic E-state index is -4.53. The number of benzene rings is 1. The SMILES string of the molecule is Cc1nc(N2C[C@@H](O)[C@H](N3CCN(Cc4ccc(Cl)cc4)CC3)C2)cc(C(F)(F)F)n1. The maximum absolute atomic E-state index is 13.1. The number of hydrogen-bond donors (Lipinski definition) is 1. The van der Waals surface area contributed by atoms with Gasteiger partial charge >= 0.3 is 6.18 Å². The number of alkyl halides is 3. The van der Waals surface area contributed by atoms with E-state index in [2.05, 4.69) is 19.8 Å². The van der Waals surface area contributed by atoms with E-state index in [9.17, 15) is 18.3 Å². The first-order chi connectivity index (χ1) is 14.7. The molecule has 3 heterocycles. The highest BCUT2D eigenvalue weighted by Crippen LogP contribution is 2.31. The van der Waals surface area contributed by atoms with Crippen LogP contribution >= 0.6 is 11.6 Å². The third-order valence-corrected chi connectivity index (χ3v) is 6.15. The van der Waals surface area contributed by atoms with Crippen LogP contribution in [0.25, 0.3) is 0 Å². The van der Waals surface area contributed by atoms with Crippen molar-refractivity contribution >= 4 is 17.4 Å². The standard InChI is InChI=1S/C21H25ClF3N5O/c1-14-26-19(21(23,24)25)10-20(27-14)30-12-17(18(31)13-30)29-8-6-28(7-9-29)11-15-2-4-16(22)5-3-15/h2-5,10,17-18,31H,6-9,11-13H2,1H3/t17-,18-/m1/s1. The number of aliphatic hydroxyl groups is 1. The van der Waals surface area contributed by atoms with E-state index in [1.165, 1.54) is 12.5 Å². The summed E-state index contributed by atoms with van der Waals surface area (Å²) >= 11 is 5.94. The minimum Gasteiger partial charge on any atom is -0.390 e. The van der Waals surface area contributed by atoms with Gasteiger partial charge in [-0.3, -0.25) is 9.80 Å². The maximum atomic E-state index is 13.1. The molecule has 168 valence electrons. The summed E-state index contributed by atoms with van der Waals surface area (Å²) in [4.78, 5) is 14.0. The van der Waals surface area contributed by atoms with Gasteiger partial charge in [0.25, 0.3) is 0 Å². The molecule has 2 aromatic rings. The molecule has 0 bridgehead atoms. The Balaban J connectivity index is 1.37. The summed E-state index contributed by atoms with van der Waals surface area (Å²) in [5, 5.41) is 11.3. The highest BCUT2D eigenvalue weighted by molar-refractivity contribution is 6.30. The van der Waals surface area contributed by atoms with Crippen LogP contribution < -0.4 is 4.90 Å². The van der Waals surface area contributed by atoms with Crippen molar-refractivity contribution < 1.29 is 18.3 Å². The van der Waals surface area contributed by atoms with Gasteiger partial charge in [-0.1, -0.05) is 23.7 Å². The second kappa shape index (κ2) is 8.90. The number of β-amino-alcohol motifs (C(OH)–C–C–N with tert-alkyl or cyclic N) is 1. The molecule has 10 heteroatoms. The van der Waals surface area contributed by atoms with Crippen LogP contribution in [0.1, 0.15) is 17.1 Å². The van der Waals surface area contributed by atoms with Crippen LogP contribution in [-0.4, -0.2) is 76.3 Å². The number of aromatic nitrogens is 2. The second-order valence-corrected chi connectivity index (χ2v) is 8.57. The largest absolute Gasteiger partial charge is 0.433 e. The molecule has 0 unspecified atom stereocenters. The fraction of sp³-hybridized carbons (Fsp3) is 0.524. The van der Waals surface area contributed by atoms with Gasteiger partial charge < -0.3 is 10.0 Å². The average Bonchev–Trinajstić information content (AvgIpc) is 3.11. The van der Waals surface area contributed by atoms with E-state index in [0.717, 1.165) is 43.8 Å². The molecule has 1 aromatic carbocycles. The highest BCUT2D eigenvalue weighted by Gasteiger charge is 2.39. The molecule has 1 N–H and O–H groups in total. The number of aryl methyl sites for hydroxylation is 1. The number of aliphatic hydroxyl groups excluding tert-OH is 1. The van der Waals surface area contributed by atoms with Crippen LogP contribution in [0.3, 0.4) is 0 Å². The third kappa shape index (κ3) is 5.28. The van der Waals surface area contributed by atoms with Crippen LogP contribution in [0.4, 0.5) is 19.0 Å². The lowest BCUT2D eigenvalue weighted by atomic mass is 10.1. The summed E-state index contributed by atoms with van der Waals surface area (Å²) in [5.74, 6) is 0.279. The van der Waals surface area contributed by atoms with Crippen molar-refractivity contribution in [3.63, 3.8) is 0 Å². The van der Waals surface area contributed by atoms with Crippen LogP contribution in [0.5, 0.6) is 0 Å². The fourth-order valence-electron chi connectivity index (χ4n) is 4.28. The van der Waals surface area contributed by atoms with Crippen molar-refractivity contribution in [2.75, 3.05) is 44.2 Å². The summed E-state index contributed by atoms with van der Waals surface area (Å²) in [7, 11) is 0. The van der Waals surface area contributed by atoms with E-state index in [4.69, 9.17) is 11.6 Å². The highest BCUT2D eigenvalue weighted by atomic mass is 35.5. The van der Waals surface area contributed by atoms with Gasteiger partial charge in [-0.2, -0.15) is 13.2 Å². The zero-order valence-corrected chi connectivity index (χ0v) is 17.9. The van der Waals surface area contributed by atoms with Crippen LogP contribution in [0, 0.1) is 6.92 Å². The molecule has 0 saturated carbocycles. The van der Waals surface area contributed by atoms with Gasteiger partial charge in [0.2, 0.25) is 0 Å². The number of nitrogens with zero attached hydrogens (tertiary/aromatic N) is 5. The van der Waals surface area contributed by atoms with Crippen LogP contribution in [-0.2, 0) is 12.7 Å². The number of halogens is 4. The van der Waals surface area contributed by atoms with Gasteiger partial charge in [0.05, 0.1) is 12.1 Å². The zero-order valence-electron chi connectivity index (χ0n) is 17.2. The molecule has 2 atom stereocenters. The molecular weight excluding hydrogens is 431 g/mol. The minimum absolute atomic E-state index is 0.0681. The number of hydrogen-bond acceptors (Lipinski definition) is 6. The second-order valence-electron chi connectivity index (χ2n) is 8.13. The molecule has 2 fully saturated rings. The molecule has 31 heavy (non-hydrogen) atoms. The lowest BCUT2D eigenvalue weighted by Gasteiger charge is -2.38. The fourth-order valence-corrected chi connectivity index (χ4v) is 4.40. The van der Waals surface area contributed by atoms with E-state index < -0.39 is 18.0 Å². The molecular formula is C21H25ClF3N5O. The first-order valence-electron chi connectivity index (χ1n) is 10.3. The lowest BCUT2D eigenvalue weighted by Crippen LogP contribution is -2.53. The molecule has 1 aromatic heterocycles. The first kappa shape index (κ1) is 22.3. The molecule has 0 aliphatic carbocycles. The number of piperazine rings is 1. The summed E-state index contributed by atoms with van der Waals surface area (Å²) in [6, 6.07) is 8.64. The monoisotopic (exact) mass is 455 g/mol. The summed E-state index contributed by atoms with van der Waals surface area (Å²) in [6.45, 7) is 6.27. The van der Waals surface area contributed by atoms with Gasteiger partial charge in [-0.05, 0) is 24.6 Å². The summed E-state index contributed by atoms with van der Waals surface area (Å²) in [5.41, 5.74) is 0.244. The van der Waals surface area contributed by atoms with Gasteiger partial charge in [0.1, 0.15) is 17.3 Å². The smallest absolute Gasteiger partial charge is 0.390 e. The Hall–Kier alpha value is -1.94. The lowest BCUT2D eigenvalue weighted by molar-refractivity contribution is -0.141. The molecule has 2 aliphatic rings. The van der Waals surface area contributed by atoms with E-state index >= 15 is 0 Å². The Morgan fingerprint density at radius 3 is 2.39 bits per heavy atom. The molecule has 4 rings (SSSR count).